The number of ether oxygens (including phenoxy) is 1. The number of fused-ring (bicyclic) bond motifs is 1. The molecule has 0 bridgehead atoms. The molecule has 0 radical (unpaired) electrons. The van der Waals surface area contributed by atoms with Crippen molar-refractivity contribution in [3.8, 4) is 11.6 Å². The van der Waals surface area contributed by atoms with Crippen LogP contribution in [0.4, 0.5) is 10.6 Å². The predicted molar refractivity (Wildman–Crippen MR) is 103 cm³/mol. The van der Waals surface area contributed by atoms with Crippen molar-refractivity contribution in [2.75, 3.05) is 5.32 Å². The summed E-state index contributed by atoms with van der Waals surface area (Å²) >= 11 is 0. The monoisotopic (exact) mass is 391 g/mol. The van der Waals surface area contributed by atoms with Gasteiger partial charge >= 0.3 is 6.03 Å². The van der Waals surface area contributed by atoms with Crippen molar-refractivity contribution < 1.29 is 19.2 Å². The first-order chi connectivity index (χ1) is 14.2. The molecule has 2 N–H and O–H groups in total. The first-order valence-corrected chi connectivity index (χ1v) is 9.18. The number of anilines is 1. The lowest BCUT2D eigenvalue weighted by molar-refractivity contribution is 0.254. The van der Waals surface area contributed by atoms with Crippen molar-refractivity contribution in [3.63, 3.8) is 0 Å². The lowest BCUT2D eigenvalue weighted by Crippen LogP contribution is -2.18. The van der Waals surface area contributed by atoms with E-state index >= 15 is 0 Å². The van der Waals surface area contributed by atoms with Gasteiger partial charge in [-0.2, -0.15) is 0 Å². The first-order valence-electron chi connectivity index (χ1n) is 9.18. The van der Waals surface area contributed by atoms with Crippen molar-refractivity contribution in [2.24, 2.45) is 0 Å². The number of nitrogens with zero attached hydrogens (tertiary/aromatic N) is 4. The zero-order valence-corrected chi connectivity index (χ0v) is 15.3. The second-order valence-electron chi connectivity index (χ2n) is 6.83. The third kappa shape index (κ3) is 3.55. The fraction of sp³-hybridized carbons (Fsp3) is 0.200. The molecule has 0 atom stereocenters. The Balaban J connectivity index is 1.34. The number of benzene rings is 1. The van der Waals surface area contributed by atoms with E-state index in [9.17, 15) is 4.79 Å². The fourth-order valence-electron chi connectivity index (χ4n) is 3.08. The van der Waals surface area contributed by atoms with Gasteiger partial charge in [0.2, 0.25) is 5.88 Å². The van der Waals surface area contributed by atoms with Gasteiger partial charge in [0, 0.05) is 29.6 Å². The van der Waals surface area contributed by atoms with E-state index in [1.165, 1.54) is 10.9 Å². The molecule has 1 fully saturated rings. The molecular weight excluding hydrogens is 374 g/mol. The van der Waals surface area contributed by atoms with E-state index in [1.54, 1.807) is 36.5 Å². The SMILES string of the molecule is O=C(Nc1cc(C2CC2)on1)n1ccc2cc(Oc3cc(CO)ncn3)ccc21. The molecule has 0 unspecified atom stereocenters. The van der Waals surface area contributed by atoms with Crippen LogP contribution in [-0.4, -0.2) is 30.8 Å². The number of rotatable bonds is 5. The number of carbonyl (C=O) groups excluding carboxylic acids is 1. The van der Waals surface area contributed by atoms with Gasteiger partial charge in [0.1, 0.15) is 17.8 Å². The van der Waals surface area contributed by atoms with Crippen molar-refractivity contribution in [1.82, 2.24) is 19.7 Å². The fourth-order valence-corrected chi connectivity index (χ4v) is 3.08. The lowest BCUT2D eigenvalue weighted by atomic mass is 10.2. The van der Waals surface area contributed by atoms with E-state index in [0.717, 1.165) is 29.5 Å². The van der Waals surface area contributed by atoms with Crippen LogP contribution in [0.2, 0.25) is 0 Å². The molecule has 9 heteroatoms. The molecular formula is C20H17N5O4. The molecule has 1 aliphatic carbocycles. The number of aromatic nitrogens is 4. The minimum atomic E-state index is -0.326. The van der Waals surface area contributed by atoms with E-state index in [1.807, 2.05) is 6.07 Å². The molecule has 1 saturated carbocycles. The van der Waals surface area contributed by atoms with Crippen LogP contribution in [0.3, 0.4) is 0 Å². The van der Waals surface area contributed by atoms with Gasteiger partial charge in [-0.15, -0.1) is 0 Å². The highest BCUT2D eigenvalue weighted by Gasteiger charge is 2.28. The van der Waals surface area contributed by atoms with Crippen molar-refractivity contribution in [3.05, 3.63) is 60.4 Å². The van der Waals surface area contributed by atoms with Crippen LogP contribution in [-0.2, 0) is 6.61 Å². The van der Waals surface area contributed by atoms with E-state index in [0.29, 0.717) is 29.1 Å². The van der Waals surface area contributed by atoms with Crippen molar-refractivity contribution in [1.29, 1.82) is 0 Å². The number of hydrogen-bond acceptors (Lipinski definition) is 7. The Morgan fingerprint density at radius 2 is 2.14 bits per heavy atom. The average molecular weight is 391 g/mol. The minimum absolute atomic E-state index is 0.191. The minimum Gasteiger partial charge on any atom is -0.439 e. The Bertz CT molecular complexity index is 1190. The van der Waals surface area contributed by atoms with Gasteiger partial charge < -0.3 is 14.4 Å². The molecule has 1 amide bonds. The molecule has 9 nitrogen and oxygen atoms in total. The number of aliphatic hydroxyl groups is 1. The van der Waals surface area contributed by atoms with Crippen LogP contribution < -0.4 is 10.1 Å². The molecule has 3 aromatic heterocycles. The second-order valence-corrected chi connectivity index (χ2v) is 6.83. The summed E-state index contributed by atoms with van der Waals surface area (Å²) in [7, 11) is 0. The number of hydrogen-bond donors (Lipinski definition) is 2. The maximum absolute atomic E-state index is 12.6. The molecule has 0 saturated heterocycles. The van der Waals surface area contributed by atoms with E-state index in [2.05, 4.69) is 20.4 Å². The summed E-state index contributed by atoms with van der Waals surface area (Å²) in [6.45, 7) is -0.191. The molecule has 0 aliphatic heterocycles. The Kier molecular flexibility index (Phi) is 4.21. The molecule has 1 aliphatic rings. The molecule has 1 aromatic carbocycles. The van der Waals surface area contributed by atoms with Crippen LogP contribution in [0.15, 0.2) is 53.4 Å². The molecule has 5 rings (SSSR count). The third-order valence-electron chi connectivity index (χ3n) is 4.71. The average Bonchev–Trinajstić information content (AvgIpc) is 3.33. The van der Waals surface area contributed by atoms with E-state index in [-0.39, 0.29) is 12.6 Å². The van der Waals surface area contributed by atoms with Crippen LogP contribution in [0.1, 0.15) is 30.2 Å². The summed E-state index contributed by atoms with van der Waals surface area (Å²) < 4.78 is 12.5. The summed E-state index contributed by atoms with van der Waals surface area (Å²) in [5, 5.41) is 16.7. The molecule has 4 aromatic rings. The zero-order chi connectivity index (χ0) is 19.8. The Morgan fingerprint density at radius 1 is 1.24 bits per heavy atom. The molecule has 0 spiro atoms. The van der Waals surface area contributed by atoms with Gasteiger partial charge in [-0.25, -0.2) is 14.8 Å². The van der Waals surface area contributed by atoms with Crippen molar-refractivity contribution in [2.45, 2.75) is 25.4 Å². The van der Waals surface area contributed by atoms with E-state index < -0.39 is 0 Å². The van der Waals surface area contributed by atoms with Gasteiger partial charge in [-0.1, -0.05) is 5.16 Å². The highest BCUT2D eigenvalue weighted by Crippen LogP contribution is 2.40. The summed E-state index contributed by atoms with van der Waals surface area (Å²) in [4.78, 5) is 20.6. The normalized spacial score (nSPS) is 13.6. The molecule has 3 heterocycles. The number of nitrogens with one attached hydrogen (secondary N) is 1. The van der Waals surface area contributed by atoms with Gasteiger partial charge in [-0.3, -0.25) is 9.88 Å². The second kappa shape index (κ2) is 7.02. The van der Waals surface area contributed by atoms with E-state index in [4.69, 9.17) is 14.4 Å². The number of amides is 1. The largest absolute Gasteiger partial charge is 0.439 e. The van der Waals surface area contributed by atoms with Gasteiger partial charge in [0.25, 0.3) is 0 Å². The standard InChI is InChI=1S/C20H17N5O4/c26-10-14-8-19(22-11-21-14)28-15-3-4-16-13(7-15)5-6-25(16)20(27)23-18-9-17(29-24-18)12-1-2-12/h3-9,11-12,26H,1-2,10H2,(H,23,24,27). The Hall–Kier alpha value is -3.72. The maximum atomic E-state index is 12.6. The molecule has 29 heavy (non-hydrogen) atoms. The first kappa shape index (κ1) is 17.4. The quantitative estimate of drug-likeness (QED) is 0.533. The Morgan fingerprint density at radius 3 is 2.97 bits per heavy atom. The number of carbonyl (C=O) groups is 1. The number of aliphatic hydroxyl groups excluding tert-OH is 1. The summed E-state index contributed by atoms with van der Waals surface area (Å²) in [6.07, 6.45) is 5.22. The van der Waals surface area contributed by atoms with Gasteiger partial charge in [0.05, 0.1) is 17.8 Å². The topological polar surface area (TPSA) is 115 Å². The van der Waals surface area contributed by atoms with Gasteiger partial charge in [-0.05, 0) is 37.1 Å². The Labute approximate surface area is 164 Å². The van der Waals surface area contributed by atoms with Crippen LogP contribution >= 0.6 is 0 Å². The van der Waals surface area contributed by atoms with Crippen LogP contribution in [0.5, 0.6) is 11.6 Å². The van der Waals surface area contributed by atoms with Gasteiger partial charge in [0.15, 0.2) is 5.82 Å². The zero-order valence-electron chi connectivity index (χ0n) is 15.3. The summed E-state index contributed by atoms with van der Waals surface area (Å²) in [5.74, 6) is 2.54. The molecule has 146 valence electrons. The maximum Gasteiger partial charge on any atom is 0.331 e. The van der Waals surface area contributed by atoms with Crippen molar-refractivity contribution >= 4 is 22.8 Å². The van der Waals surface area contributed by atoms with Crippen LogP contribution in [0, 0.1) is 0 Å². The highest BCUT2D eigenvalue weighted by molar-refractivity contribution is 5.98. The smallest absolute Gasteiger partial charge is 0.331 e. The summed E-state index contributed by atoms with van der Waals surface area (Å²) in [6, 6.07) is 10.2. The summed E-state index contributed by atoms with van der Waals surface area (Å²) in [5.41, 5.74) is 1.19. The predicted octanol–water partition coefficient (Wildman–Crippen LogP) is 3.66. The van der Waals surface area contributed by atoms with Crippen LogP contribution in [0.25, 0.3) is 10.9 Å². The highest BCUT2D eigenvalue weighted by atomic mass is 16.5. The lowest BCUT2D eigenvalue weighted by Gasteiger charge is -2.07. The third-order valence-corrected chi connectivity index (χ3v) is 4.71.